The predicted molar refractivity (Wildman–Crippen MR) is 97.3 cm³/mol. The van der Waals surface area contributed by atoms with Gasteiger partial charge >= 0.3 is 6.18 Å². The number of aromatic nitrogens is 3. The molecular weight excluding hydrogens is 371 g/mol. The molecule has 0 radical (unpaired) electrons. The van der Waals surface area contributed by atoms with E-state index in [0.29, 0.717) is 6.42 Å². The molecule has 3 rings (SSSR count). The molecule has 6 nitrogen and oxygen atoms in total. The number of hydrogen-bond donors (Lipinski definition) is 2. The van der Waals surface area contributed by atoms with Crippen molar-refractivity contribution in [3.63, 3.8) is 0 Å². The Balaban J connectivity index is 2.05. The minimum atomic E-state index is -4.51. The van der Waals surface area contributed by atoms with Gasteiger partial charge in [-0.2, -0.15) is 13.2 Å². The van der Waals surface area contributed by atoms with Crippen LogP contribution in [0.3, 0.4) is 0 Å². The molecule has 0 aliphatic carbocycles. The van der Waals surface area contributed by atoms with Crippen molar-refractivity contribution >= 4 is 11.6 Å². The van der Waals surface area contributed by atoms with E-state index in [1.54, 1.807) is 13.8 Å². The van der Waals surface area contributed by atoms with Crippen LogP contribution in [0.25, 0.3) is 5.65 Å². The average molecular weight is 391 g/mol. The lowest BCUT2D eigenvalue weighted by Crippen LogP contribution is -2.50. The summed E-state index contributed by atoms with van der Waals surface area (Å²) in [5, 5.41) is 10.8. The molecule has 2 heterocycles. The summed E-state index contributed by atoms with van der Waals surface area (Å²) >= 11 is 0. The normalized spacial score (nSPS) is 13.5. The second kappa shape index (κ2) is 7.23. The molecule has 0 aliphatic rings. The fraction of sp³-hybridized carbons (Fsp3) is 0.316. The average Bonchev–Trinajstić information content (AvgIpc) is 3.03. The van der Waals surface area contributed by atoms with Crippen LogP contribution in [0.1, 0.15) is 36.8 Å². The number of nitrogens with zero attached hydrogens (tertiary/aromatic N) is 3. The summed E-state index contributed by atoms with van der Waals surface area (Å²) in [6, 6.07) is 10.7. The van der Waals surface area contributed by atoms with Gasteiger partial charge in [-0.1, -0.05) is 30.3 Å². The molecule has 148 valence electrons. The van der Waals surface area contributed by atoms with Crippen LogP contribution in [0.2, 0.25) is 0 Å². The minimum absolute atomic E-state index is 0.197. The molecule has 1 atom stereocenters. The van der Waals surface area contributed by atoms with Crippen LogP contribution in [-0.2, 0) is 17.4 Å². The number of halogens is 3. The second-order valence-corrected chi connectivity index (χ2v) is 7.14. The molecule has 0 bridgehead atoms. The fourth-order valence-corrected chi connectivity index (χ4v) is 2.71. The molecule has 0 fully saturated rings. The van der Waals surface area contributed by atoms with Crippen molar-refractivity contribution in [2.24, 2.45) is 5.73 Å². The number of rotatable bonds is 5. The Bertz CT molecular complexity index is 977. The van der Waals surface area contributed by atoms with E-state index in [1.807, 2.05) is 30.3 Å². The maximum atomic E-state index is 13.1. The van der Waals surface area contributed by atoms with Gasteiger partial charge in [0.1, 0.15) is 0 Å². The molecule has 28 heavy (non-hydrogen) atoms. The summed E-state index contributed by atoms with van der Waals surface area (Å²) in [4.78, 5) is 12.4. The molecule has 0 saturated heterocycles. The van der Waals surface area contributed by atoms with Crippen LogP contribution in [-0.4, -0.2) is 26.0 Å². The van der Waals surface area contributed by atoms with Crippen LogP contribution < -0.4 is 11.1 Å². The molecule has 1 amide bonds. The highest BCUT2D eigenvalue weighted by Gasteiger charge is 2.32. The number of hydrogen-bond acceptors (Lipinski definition) is 4. The van der Waals surface area contributed by atoms with Crippen LogP contribution in [0, 0.1) is 0 Å². The fourth-order valence-electron chi connectivity index (χ4n) is 2.71. The van der Waals surface area contributed by atoms with E-state index in [9.17, 15) is 18.0 Å². The maximum absolute atomic E-state index is 13.1. The van der Waals surface area contributed by atoms with Crippen molar-refractivity contribution in [1.29, 1.82) is 0 Å². The summed E-state index contributed by atoms with van der Waals surface area (Å²) in [7, 11) is 0. The van der Waals surface area contributed by atoms with Gasteiger partial charge in [0.15, 0.2) is 11.5 Å². The zero-order valence-electron chi connectivity index (χ0n) is 15.4. The van der Waals surface area contributed by atoms with Crippen LogP contribution >= 0.6 is 0 Å². The van der Waals surface area contributed by atoms with Crippen molar-refractivity contribution in [3.05, 3.63) is 65.6 Å². The zero-order chi connectivity index (χ0) is 20.5. The maximum Gasteiger partial charge on any atom is 0.417 e. The van der Waals surface area contributed by atoms with E-state index >= 15 is 0 Å². The van der Waals surface area contributed by atoms with Crippen molar-refractivity contribution in [2.75, 3.05) is 0 Å². The highest BCUT2D eigenvalue weighted by atomic mass is 19.4. The number of nitrogens with two attached hydrogens (primary N) is 1. The number of amides is 1. The molecule has 0 spiro atoms. The summed E-state index contributed by atoms with van der Waals surface area (Å²) in [5.74, 6) is -0.250. The molecule has 9 heteroatoms. The van der Waals surface area contributed by atoms with Gasteiger partial charge in [0.05, 0.1) is 17.1 Å². The molecule has 2 aromatic heterocycles. The zero-order valence-corrected chi connectivity index (χ0v) is 15.4. The number of benzene rings is 1. The number of nitrogens with one attached hydrogen (secondary N) is 1. The number of carbonyl (C=O) groups excluding carboxylic acids is 1. The van der Waals surface area contributed by atoms with Crippen molar-refractivity contribution in [3.8, 4) is 0 Å². The first-order valence-corrected chi connectivity index (χ1v) is 8.61. The molecule has 0 aliphatic heterocycles. The van der Waals surface area contributed by atoms with Crippen LogP contribution in [0.15, 0.2) is 48.7 Å². The molecule has 0 unspecified atom stereocenters. The topological polar surface area (TPSA) is 85.3 Å². The van der Waals surface area contributed by atoms with E-state index < -0.39 is 29.2 Å². The van der Waals surface area contributed by atoms with Gasteiger partial charge in [0.2, 0.25) is 5.91 Å². The Morgan fingerprint density at radius 3 is 2.43 bits per heavy atom. The van der Waals surface area contributed by atoms with Crippen molar-refractivity contribution in [2.45, 2.75) is 38.0 Å². The number of fused-ring (bicyclic) bond motifs is 1. The highest BCUT2D eigenvalue weighted by Crippen LogP contribution is 2.30. The molecule has 0 saturated carbocycles. The molecular formula is C19H20F3N5O. The first-order valence-electron chi connectivity index (χ1n) is 8.61. The Labute approximate surface area is 159 Å². The minimum Gasteiger partial charge on any atom is -0.344 e. The summed E-state index contributed by atoms with van der Waals surface area (Å²) in [6.45, 7) is 3.09. The van der Waals surface area contributed by atoms with Gasteiger partial charge in [-0.15, -0.1) is 10.2 Å². The third kappa shape index (κ3) is 4.30. The quantitative estimate of drug-likeness (QED) is 0.700. The SMILES string of the molecule is CC(C)(N)C(=O)N[C@H](Cc1ccccc1)c1nnc2ccc(C(F)(F)F)cn12. The van der Waals surface area contributed by atoms with E-state index in [-0.39, 0.29) is 11.5 Å². The van der Waals surface area contributed by atoms with Gasteiger partial charge in [0, 0.05) is 6.20 Å². The highest BCUT2D eigenvalue weighted by molar-refractivity contribution is 5.85. The van der Waals surface area contributed by atoms with Gasteiger partial charge in [-0.05, 0) is 38.0 Å². The lowest BCUT2D eigenvalue weighted by molar-refractivity contribution is -0.138. The number of carbonyl (C=O) groups is 1. The lowest BCUT2D eigenvalue weighted by Gasteiger charge is -2.23. The van der Waals surface area contributed by atoms with Gasteiger partial charge in [-0.3, -0.25) is 9.20 Å². The van der Waals surface area contributed by atoms with Gasteiger partial charge < -0.3 is 11.1 Å². The Kier molecular flexibility index (Phi) is 5.12. The summed E-state index contributed by atoms with van der Waals surface area (Å²) in [6.07, 6.45) is -3.25. The first-order chi connectivity index (χ1) is 13.1. The first kappa shape index (κ1) is 19.8. The predicted octanol–water partition coefficient (Wildman–Crippen LogP) is 2.89. The Morgan fingerprint density at radius 2 is 1.82 bits per heavy atom. The van der Waals surface area contributed by atoms with Crippen molar-refractivity contribution in [1.82, 2.24) is 19.9 Å². The second-order valence-electron chi connectivity index (χ2n) is 7.14. The molecule has 3 aromatic rings. The van der Waals surface area contributed by atoms with Gasteiger partial charge in [-0.25, -0.2) is 0 Å². The van der Waals surface area contributed by atoms with E-state index in [4.69, 9.17) is 5.73 Å². The molecule has 1 aromatic carbocycles. The lowest BCUT2D eigenvalue weighted by atomic mass is 10.0. The smallest absolute Gasteiger partial charge is 0.344 e. The van der Waals surface area contributed by atoms with E-state index in [2.05, 4.69) is 15.5 Å². The van der Waals surface area contributed by atoms with Crippen LogP contribution in [0.4, 0.5) is 13.2 Å². The summed E-state index contributed by atoms with van der Waals surface area (Å²) in [5.41, 5.74) is 5.01. The summed E-state index contributed by atoms with van der Waals surface area (Å²) < 4.78 is 40.6. The third-order valence-electron chi connectivity index (χ3n) is 4.24. The van der Waals surface area contributed by atoms with Gasteiger partial charge in [0.25, 0.3) is 0 Å². The van der Waals surface area contributed by atoms with Crippen LogP contribution in [0.5, 0.6) is 0 Å². The largest absolute Gasteiger partial charge is 0.417 e. The standard InChI is InChI=1S/C19H20F3N5O/c1-18(2,23)17(28)24-14(10-12-6-4-3-5-7-12)16-26-25-15-9-8-13(11-27(15)16)19(20,21)22/h3-9,11,14H,10,23H2,1-2H3,(H,24,28)/t14-/m1/s1. The molecule has 3 N–H and O–H groups in total. The Hall–Kier alpha value is -2.94. The van der Waals surface area contributed by atoms with E-state index in [1.165, 1.54) is 10.5 Å². The Morgan fingerprint density at radius 1 is 1.14 bits per heavy atom. The third-order valence-corrected chi connectivity index (χ3v) is 4.24. The monoisotopic (exact) mass is 391 g/mol. The number of alkyl halides is 3. The van der Waals surface area contributed by atoms with Crippen molar-refractivity contribution < 1.29 is 18.0 Å². The number of pyridine rings is 1. The van der Waals surface area contributed by atoms with E-state index in [0.717, 1.165) is 17.8 Å².